The molecular formula is C10H13BrN4OS2. The van der Waals surface area contributed by atoms with Crippen LogP contribution in [-0.4, -0.2) is 20.8 Å². The Balaban J connectivity index is 2.00. The van der Waals surface area contributed by atoms with E-state index in [1.54, 1.807) is 7.11 Å². The molecule has 0 amide bonds. The summed E-state index contributed by atoms with van der Waals surface area (Å²) in [6.45, 7) is 4.82. The Morgan fingerprint density at radius 3 is 2.67 bits per heavy atom. The maximum Gasteiger partial charge on any atom is 0.239 e. The van der Waals surface area contributed by atoms with Crippen LogP contribution < -0.4 is 10.1 Å². The van der Waals surface area contributed by atoms with Crippen molar-refractivity contribution in [2.45, 2.75) is 26.3 Å². The predicted molar refractivity (Wildman–Crippen MR) is 77.7 cm³/mol. The summed E-state index contributed by atoms with van der Waals surface area (Å²) in [7, 11) is 1.61. The zero-order chi connectivity index (χ0) is 13.1. The van der Waals surface area contributed by atoms with Crippen LogP contribution in [-0.2, 0) is 6.54 Å². The van der Waals surface area contributed by atoms with E-state index in [0.29, 0.717) is 18.3 Å². The smallest absolute Gasteiger partial charge is 0.239 e. The highest BCUT2D eigenvalue weighted by atomic mass is 79.9. The topological polar surface area (TPSA) is 59.9 Å². The molecule has 0 saturated heterocycles. The van der Waals surface area contributed by atoms with Gasteiger partial charge in [-0.2, -0.15) is 8.75 Å². The second-order valence-corrected chi connectivity index (χ2v) is 6.30. The molecule has 0 saturated carbocycles. The molecule has 8 heteroatoms. The van der Waals surface area contributed by atoms with Crippen LogP contribution in [0.2, 0.25) is 0 Å². The molecule has 2 heterocycles. The minimum Gasteiger partial charge on any atom is -0.480 e. The first-order valence-corrected chi connectivity index (χ1v) is 7.71. The number of nitrogens with zero attached hydrogens (tertiary/aromatic N) is 3. The molecule has 0 atom stereocenters. The minimum atomic E-state index is 0.354. The quantitative estimate of drug-likeness (QED) is 0.895. The number of rotatable bonds is 5. The number of nitrogens with one attached hydrogen (secondary N) is 1. The van der Waals surface area contributed by atoms with Crippen molar-refractivity contribution in [2.75, 3.05) is 12.4 Å². The molecule has 1 N–H and O–H groups in total. The first-order chi connectivity index (χ1) is 8.61. The summed E-state index contributed by atoms with van der Waals surface area (Å²) in [6.07, 6.45) is 0. The van der Waals surface area contributed by atoms with E-state index in [0.717, 1.165) is 20.3 Å². The van der Waals surface area contributed by atoms with E-state index < -0.39 is 0 Å². The highest BCUT2D eigenvalue weighted by Crippen LogP contribution is 2.31. The molecule has 0 unspecified atom stereocenters. The summed E-state index contributed by atoms with van der Waals surface area (Å²) in [5.74, 6) is 1.85. The standard InChI is InChI=1S/C10H13BrN4OS2/c1-5(2)8-13-10(18-14-8)12-4-6-7(11)9(16-3)15-17-6/h5H,4H2,1-3H3,(H,12,13,14). The maximum absolute atomic E-state index is 5.11. The summed E-state index contributed by atoms with van der Waals surface area (Å²) in [4.78, 5) is 5.49. The fourth-order valence-corrected chi connectivity index (χ4v) is 3.32. The number of anilines is 1. The zero-order valence-corrected chi connectivity index (χ0v) is 13.4. The maximum atomic E-state index is 5.11. The monoisotopic (exact) mass is 348 g/mol. The van der Waals surface area contributed by atoms with Crippen LogP contribution in [0.15, 0.2) is 4.47 Å². The first kappa shape index (κ1) is 13.7. The normalized spacial score (nSPS) is 10.9. The molecule has 0 aliphatic carbocycles. The predicted octanol–water partition coefficient (Wildman–Crippen LogP) is 3.50. The highest BCUT2D eigenvalue weighted by molar-refractivity contribution is 9.10. The molecule has 0 spiro atoms. The van der Waals surface area contributed by atoms with Gasteiger partial charge in [-0.3, -0.25) is 0 Å². The summed E-state index contributed by atoms with van der Waals surface area (Å²) >= 11 is 6.25. The van der Waals surface area contributed by atoms with Crippen LogP contribution in [0, 0.1) is 0 Å². The van der Waals surface area contributed by atoms with Gasteiger partial charge in [0.1, 0.15) is 5.82 Å². The number of hydrogen-bond donors (Lipinski definition) is 1. The lowest BCUT2D eigenvalue weighted by molar-refractivity contribution is 0.400. The lowest BCUT2D eigenvalue weighted by Gasteiger charge is -2.00. The van der Waals surface area contributed by atoms with E-state index >= 15 is 0 Å². The first-order valence-electron chi connectivity index (χ1n) is 5.37. The number of halogens is 1. The van der Waals surface area contributed by atoms with E-state index in [4.69, 9.17) is 4.74 Å². The molecule has 2 aromatic heterocycles. The van der Waals surface area contributed by atoms with Crippen molar-refractivity contribution in [2.24, 2.45) is 0 Å². The third-order valence-corrected chi connectivity index (χ3v) is 4.82. The van der Waals surface area contributed by atoms with Crippen LogP contribution in [0.25, 0.3) is 0 Å². The average molecular weight is 349 g/mol. The molecular weight excluding hydrogens is 336 g/mol. The largest absolute Gasteiger partial charge is 0.480 e. The van der Waals surface area contributed by atoms with Crippen molar-refractivity contribution >= 4 is 44.1 Å². The molecule has 0 bridgehead atoms. The molecule has 0 aromatic carbocycles. The lowest BCUT2D eigenvalue weighted by Crippen LogP contribution is -1.98. The Morgan fingerprint density at radius 1 is 1.33 bits per heavy atom. The van der Waals surface area contributed by atoms with Crippen molar-refractivity contribution < 1.29 is 4.74 Å². The SMILES string of the molecule is COc1nsc(CNc2nc(C(C)C)ns2)c1Br. The second kappa shape index (κ2) is 5.94. The molecule has 2 aromatic rings. The van der Waals surface area contributed by atoms with E-state index in [1.165, 1.54) is 23.1 Å². The number of hydrogen-bond acceptors (Lipinski definition) is 7. The molecule has 0 radical (unpaired) electrons. The molecule has 0 fully saturated rings. The molecule has 18 heavy (non-hydrogen) atoms. The van der Waals surface area contributed by atoms with Crippen LogP contribution >= 0.6 is 39.0 Å². The Morgan fingerprint density at radius 2 is 2.11 bits per heavy atom. The van der Waals surface area contributed by atoms with Gasteiger partial charge in [0, 0.05) is 17.5 Å². The molecule has 5 nitrogen and oxygen atoms in total. The second-order valence-electron chi connectivity index (χ2n) is 3.89. The Hall–Kier alpha value is -0.730. The fraction of sp³-hybridized carbons (Fsp3) is 0.500. The summed E-state index contributed by atoms with van der Waals surface area (Å²) in [5.41, 5.74) is 0. The van der Waals surface area contributed by atoms with Crippen LogP contribution in [0.3, 0.4) is 0 Å². The molecule has 0 aliphatic rings. The van der Waals surface area contributed by atoms with Gasteiger partial charge in [-0.25, -0.2) is 4.98 Å². The Kier molecular flexibility index (Phi) is 4.52. The third-order valence-electron chi connectivity index (χ3n) is 2.22. The number of aromatic nitrogens is 3. The van der Waals surface area contributed by atoms with Gasteiger partial charge < -0.3 is 10.1 Å². The van der Waals surface area contributed by atoms with Gasteiger partial charge in [-0.05, 0) is 27.5 Å². The van der Waals surface area contributed by atoms with Gasteiger partial charge >= 0.3 is 0 Å². The molecule has 98 valence electrons. The van der Waals surface area contributed by atoms with E-state index in [9.17, 15) is 0 Å². The van der Waals surface area contributed by atoms with Gasteiger partial charge in [0.05, 0.1) is 23.0 Å². The van der Waals surface area contributed by atoms with Gasteiger partial charge in [0.15, 0.2) is 0 Å². The van der Waals surface area contributed by atoms with E-state index in [1.807, 2.05) is 0 Å². The van der Waals surface area contributed by atoms with E-state index in [2.05, 4.69) is 48.8 Å². The Labute approximate surface area is 122 Å². The van der Waals surface area contributed by atoms with Crippen molar-refractivity contribution in [1.29, 1.82) is 0 Å². The van der Waals surface area contributed by atoms with Gasteiger partial charge in [-0.15, -0.1) is 0 Å². The van der Waals surface area contributed by atoms with Gasteiger partial charge in [0.2, 0.25) is 11.0 Å². The van der Waals surface area contributed by atoms with Crippen molar-refractivity contribution in [1.82, 2.24) is 13.7 Å². The number of ether oxygens (including phenoxy) is 1. The summed E-state index contributed by atoms with van der Waals surface area (Å²) in [6, 6.07) is 0. The van der Waals surface area contributed by atoms with Crippen LogP contribution in [0.4, 0.5) is 5.13 Å². The summed E-state index contributed by atoms with van der Waals surface area (Å²) < 4.78 is 14.5. The summed E-state index contributed by atoms with van der Waals surface area (Å²) in [5, 5.41) is 4.08. The minimum absolute atomic E-state index is 0.354. The van der Waals surface area contributed by atoms with Crippen molar-refractivity contribution in [3.05, 3.63) is 15.2 Å². The van der Waals surface area contributed by atoms with E-state index in [-0.39, 0.29) is 0 Å². The van der Waals surface area contributed by atoms with Gasteiger partial charge in [-0.1, -0.05) is 13.8 Å². The van der Waals surface area contributed by atoms with Crippen LogP contribution in [0.1, 0.15) is 30.5 Å². The molecule has 0 aliphatic heterocycles. The van der Waals surface area contributed by atoms with Gasteiger partial charge in [0.25, 0.3) is 0 Å². The van der Waals surface area contributed by atoms with Crippen LogP contribution in [0.5, 0.6) is 5.88 Å². The van der Waals surface area contributed by atoms with Crippen molar-refractivity contribution in [3.63, 3.8) is 0 Å². The molecule has 2 rings (SSSR count). The average Bonchev–Trinajstić information content (AvgIpc) is 2.93. The highest BCUT2D eigenvalue weighted by Gasteiger charge is 2.12. The fourth-order valence-electron chi connectivity index (χ4n) is 1.23. The number of methoxy groups -OCH3 is 1. The lowest BCUT2D eigenvalue weighted by atomic mass is 10.2. The zero-order valence-electron chi connectivity index (χ0n) is 10.2. The van der Waals surface area contributed by atoms with Crippen molar-refractivity contribution in [3.8, 4) is 5.88 Å². The third kappa shape index (κ3) is 2.99. The Bertz CT molecular complexity index is 526.